The third kappa shape index (κ3) is 3.81. The van der Waals surface area contributed by atoms with Crippen LogP contribution >= 0.6 is 0 Å². The highest BCUT2D eigenvalue weighted by molar-refractivity contribution is 6.60. The molecule has 0 aliphatic heterocycles. The molecule has 0 saturated heterocycles. The van der Waals surface area contributed by atoms with E-state index in [1.54, 1.807) is 27.4 Å². The Hall–Kier alpha value is -0.883. The number of hydrogen-bond donors (Lipinski definition) is 1. The Bertz CT molecular complexity index is 331. The van der Waals surface area contributed by atoms with Gasteiger partial charge in [0.05, 0.1) is 0 Å². The fraction of sp³-hybridized carbons (Fsp3) is 0.500. The van der Waals surface area contributed by atoms with Crippen LogP contribution < -0.4 is 0 Å². The zero-order chi connectivity index (χ0) is 12.7. The van der Waals surface area contributed by atoms with E-state index in [0.717, 1.165) is 24.4 Å². The van der Waals surface area contributed by atoms with Gasteiger partial charge >= 0.3 is 8.80 Å². The van der Waals surface area contributed by atoms with E-state index in [1.165, 1.54) is 0 Å². The van der Waals surface area contributed by atoms with Crippen LogP contribution in [0.25, 0.3) is 0 Å². The van der Waals surface area contributed by atoms with E-state index in [0.29, 0.717) is 5.75 Å². The van der Waals surface area contributed by atoms with Gasteiger partial charge in [-0.2, -0.15) is 0 Å². The molecule has 0 aromatic heterocycles. The van der Waals surface area contributed by atoms with E-state index >= 15 is 0 Å². The van der Waals surface area contributed by atoms with Gasteiger partial charge in [0.15, 0.2) is 0 Å². The van der Waals surface area contributed by atoms with E-state index in [-0.39, 0.29) is 0 Å². The maximum Gasteiger partial charge on any atom is 0.500 e. The number of benzene rings is 1. The molecular formula is C12H20O4Si. The molecule has 1 N–H and O–H groups in total. The summed E-state index contributed by atoms with van der Waals surface area (Å²) in [5.41, 5.74) is 0.943. The molecule has 0 radical (unpaired) electrons. The molecule has 0 aliphatic carbocycles. The third-order valence-electron chi connectivity index (χ3n) is 2.85. The van der Waals surface area contributed by atoms with Crippen LogP contribution in [0, 0.1) is 0 Å². The smallest absolute Gasteiger partial charge is 0.500 e. The second kappa shape index (κ2) is 6.76. The maximum absolute atomic E-state index is 9.63. The molecule has 0 spiro atoms. The van der Waals surface area contributed by atoms with E-state index < -0.39 is 8.80 Å². The minimum Gasteiger partial charge on any atom is -0.508 e. The summed E-state index contributed by atoms with van der Waals surface area (Å²) in [6.45, 7) is 0. The van der Waals surface area contributed by atoms with Crippen molar-refractivity contribution in [3.05, 3.63) is 29.8 Å². The minimum absolute atomic E-state index is 0.340. The van der Waals surface area contributed by atoms with E-state index in [2.05, 4.69) is 0 Å². The zero-order valence-electron chi connectivity index (χ0n) is 10.6. The predicted octanol–water partition coefficient (Wildman–Crippen LogP) is 2.20. The number of aromatic hydroxyl groups is 1. The van der Waals surface area contributed by atoms with Gasteiger partial charge in [0, 0.05) is 27.4 Å². The number of para-hydroxylation sites is 1. The van der Waals surface area contributed by atoms with Crippen LogP contribution in [-0.4, -0.2) is 35.2 Å². The molecule has 0 saturated carbocycles. The highest BCUT2D eigenvalue weighted by Gasteiger charge is 2.36. The lowest BCUT2D eigenvalue weighted by Gasteiger charge is -2.24. The molecule has 0 aliphatic rings. The second-order valence-corrected chi connectivity index (χ2v) is 6.87. The number of rotatable bonds is 7. The maximum atomic E-state index is 9.63. The van der Waals surface area contributed by atoms with Crippen molar-refractivity contribution in [1.29, 1.82) is 0 Å². The first-order valence-electron chi connectivity index (χ1n) is 5.60. The van der Waals surface area contributed by atoms with Gasteiger partial charge in [0.1, 0.15) is 5.75 Å². The van der Waals surface area contributed by atoms with Crippen molar-refractivity contribution >= 4 is 8.80 Å². The third-order valence-corrected chi connectivity index (χ3v) is 5.69. The lowest BCUT2D eigenvalue weighted by atomic mass is 10.1. The van der Waals surface area contributed by atoms with Crippen molar-refractivity contribution in [1.82, 2.24) is 0 Å². The van der Waals surface area contributed by atoms with E-state index in [9.17, 15) is 5.11 Å². The van der Waals surface area contributed by atoms with Crippen molar-refractivity contribution in [3.8, 4) is 5.75 Å². The van der Waals surface area contributed by atoms with Crippen LogP contribution in [0.5, 0.6) is 5.75 Å². The fourth-order valence-electron chi connectivity index (χ4n) is 1.77. The van der Waals surface area contributed by atoms with Gasteiger partial charge in [-0.3, -0.25) is 0 Å². The molecule has 17 heavy (non-hydrogen) atoms. The fourth-order valence-corrected chi connectivity index (χ4v) is 3.50. The summed E-state index contributed by atoms with van der Waals surface area (Å²) in [5.74, 6) is 0.340. The van der Waals surface area contributed by atoms with E-state index in [4.69, 9.17) is 13.3 Å². The van der Waals surface area contributed by atoms with Crippen molar-refractivity contribution in [2.75, 3.05) is 21.3 Å². The van der Waals surface area contributed by atoms with Gasteiger partial charge < -0.3 is 18.4 Å². The minimum atomic E-state index is -2.47. The van der Waals surface area contributed by atoms with Crippen LogP contribution in [0.4, 0.5) is 0 Å². The molecule has 0 heterocycles. The van der Waals surface area contributed by atoms with Crippen molar-refractivity contribution in [3.63, 3.8) is 0 Å². The summed E-state index contributed by atoms with van der Waals surface area (Å²) in [7, 11) is 2.36. The summed E-state index contributed by atoms with van der Waals surface area (Å²) in [6, 6.07) is 8.10. The summed E-state index contributed by atoms with van der Waals surface area (Å²) in [6.07, 6.45) is 1.65. The van der Waals surface area contributed by atoms with E-state index in [1.807, 2.05) is 18.2 Å². The zero-order valence-corrected chi connectivity index (χ0v) is 11.6. The van der Waals surface area contributed by atoms with Crippen LogP contribution in [0.15, 0.2) is 24.3 Å². The van der Waals surface area contributed by atoms with Gasteiger partial charge in [-0.15, -0.1) is 0 Å². The summed E-state index contributed by atoms with van der Waals surface area (Å²) in [4.78, 5) is 0. The molecule has 1 aromatic rings. The molecule has 1 aromatic carbocycles. The lowest BCUT2D eigenvalue weighted by molar-refractivity contribution is 0.123. The molecule has 0 atom stereocenters. The Balaban J connectivity index is 2.49. The van der Waals surface area contributed by atoms with Crippen molar-refractivity contribution in [2.45, 2.75) is 18.9 Å². The van der Waals surface area contributed by atoms with Gasteiger partial charge in [0.25, 0.3) is 0 Å². The Morgan fingerprint density at radius 3 is 2.18 bits per heavy atom. The summed E-state index contributed by atoms with van der Waals surface area (Å²) < 4.78 is 16.0. The van der Waals surface area contributed by atoms with Gasteiger partial charge in [-0.05, 0) is 24.5 Å². The SMILES string of the molecule is CO[Si](CCCc1ccccc1O)(OC)OC. The lowest BCUT2D eigenvalue weighted by Crippen LogP contribution is -2.42. The molecule has 0 fully saturated rings. The monoisotopic (exact) mass is 256 g/mol. The van der Waals surface area contributed by atoms with Crippen LogP contribution in [0.2, 0.25) is 6.04 Å². The first kappa shape index (κ1) is 14.2. The average molecular weight is 256 g/mol. The molecule has 1 rings (SSSR count). The second-order valence-electron chi connectivity index (χ2n) is 3.78. The normalized spacial score (nSPS) is 11.7. The quantitative estimate of drug-likeness (QED) is 0.760. The van der Waals surface area contributed by atoms with Crippen molar-refractivity contribution < 1.29 is 18.4 Å². The molecule has 0 amide bonds. The molecule has 96 valence electrons. The molecule has 0 unspecified atom stereocenters. The topological polar surface area (TPSA) is 47.9 Å². The number of phenolic OH excluding ortho intramolecular Hbond substituents is 1. The van der Waals surface area contributed by atoms with Gasteiger partial charge in [-0.1, -0.05) is 18.2 Å². The molecular weight excluding hydrogens is 236 g/mol. The van der Waals surface area contributed by atoms with Crippen molar-refractivity contribution in [2.24, 2.45) is 0 Å². The predicted molar refractivity (Wildman–Crippen MR) is 68.0 cm³/mol. The highest BCUT2D eigenvalue weighted by Crippen LogP contribution is 2.21. The van der Waals surface area contributed by atoms with Crippen LogP contribution in [-0.2, 0) is 19.7 Å². The Labute approximate surface area is 104 Å². The molecule has 4 nitrogen and oxygen atoms in total. The molecule has 5 heteroatoms. The van der Waals surface area contributed by atoms with Crippen LogP contribution in [0.3, 0.4) is 0 Å². The molecule has 0 bridgehead atoms. The van der Waals surface area contributed by atoms with Crippen LogP contribution in [0.1, 0.15) is 12.0 Å². The summed E-state index contributed by atoms with van der Waals surface area (Å²) in [5, 5.41) is 9.63. The van der Waals surface area contributed by atoms with Gasteiger partial charge in [0.2, 0.25) is 0 Å². The van der Waals surface area contributed by atoms with Gasteiger partial charge in [-0.25, -0.2) is 0 Å². The number of aryl methyl sites for hydroxylation is 1. The summed E-state index contributed by atoms with van der Waals surface area (Å²) >= 11 is 0. The highest BCUT2D eigenvalue weighted by atomic mass is 28.4. The Morgan fingerprint density at radius 1 is 1.06 bits per heavy atom. The number of phenols is 1. The Kier molecular flexibility index (Phi) is 5.63. The Morgan fingerprint density at radius 2 is 1.65 bits per heavy atom. The first-order chi connectivity index (χ1) is 8.17. The largest absolute Gasteiger partial charge is 0.508 e. The standard InChI is InChI=1S/C12H20O4Si/c1-14-17(15-2,16-3)10-6-8-11-7-4-5-9-12(11)13/h4-5,7,9,13H,6,8,10H2,1-3H3. The first-order valence-corrected chi connectivity index (χ1v) is 7.53. The average Bonchev–Trinajstić information content (AvgIpc) is 2.37. The number of hydrogen-bond acceptors (Lipinski definition) is 4.